The van der Waals surface area contributed by atoms with E-state index in [4.69, 9.17) is 9.47 Å². The summed E-state index contributed by atoms with van der Waals surface area (Å²) in [6.45, 7) is 12.7. The van der Waals surface area contributed by atoms with Crippen LogP contribution in [0.15, 0.2) is 133 Å². The van der Waals surface area contributed by atoms with Gasteiger partial charge in [-0.25, -0.2) is 9.59 Å². The minimum Gasteiger partial charge on any atom is -0.423 e. The minimum absolute atomic E-state index is 0.326. The highest BCUT2D eigenvalue weighted by atomic mass is 32.1. The fourth-order valence-electron chi connectivity index (χ4n) is 9.63. The van der Waals surface area contributed by atoms with Gasteiger partial charge in [0, 0.05) is 31.3 Å². The summed E-state index contributed by atoms with van der Waals surface area (Å²) < 4.78 is 14.7. The zero-order chi connectivity index (χ0) is 46.8. The molecule has 4 nitrogen and oxygen atoms in total. The smallest absolute Gasteiger partial charge is 0.338 e. The maximum atomic E-state index is 13.3. The quantitative estimate of drug-likeness (QED) is 0.0213. The highest BCUT2D eigenvalue weighted by Crippen LogP contribution is 2.46. The lowest BCUT2D eigenvalue weighted by atomic mass is 9.93. The normalized spacial score (nSPS) is 11.5. The summed E-state index contributed by atoms with van der Waals surface area (Å²) in [5.41, 5.74) is 5.69. The summed E-state index contributed by atoms with van der Waals surface area (Å²) >= 11 is 1.89. The van der Waals surface area contributed by atoms with E-state index in [9.17, 15) is 9.59 Å². The molecule has 0 aliphatic heterocycles. The number of unbranched alkanes of at least 4 members (excludes halogenated alkanes) is 14. The average Bonchev–Trinajstić information content (AvgIpc) is 3.77. The van der Waals surface area contributed by atoms with Gasteiger partial charge in [0.05, 0.1) is 0 Å². The van der Waals surface area contributed by atoms with Crippen molar-refractivity contribution in [2.45, 2.75) is 155 Å². The Balaban J connectivity index is 1.09. The summed E-state index contributed by atoms with van der Waals surface area (Å²) in [6.07, 6.45) is 23.9. The third-order valence-corrected chi connectivity index (χ3v) is 14.9. The Kier molecular flexibility index (Phi) is 18.8. The fraction of sp³-hybridized carbons (Fsp3) is 0.387. The van der Waals surface area contributed by atoms with Crippen molar-refractivity contribution in [1.82, 2.24) is 0 Å². The first-order chi connectivity index (χ1) is 32.9. The fourth-order valence-corrected chi connectivity index (χ4v) is 11.0. The molecule has 0 saturated heterocycles. The number of esters is 2. The Hall–Kier alpha value is -5.52. The molecule has 350 valence electrons. The summed E-state index contributed by atoms with van der Waals surface area (Å²) in [6, 6.07) is 38.2. The van der Waals surface area contributed by atoms with Gasteiger partial charge in [-0.3, -0.25) is 0 Å². The highest BCUT2D eigenvalue weighted by Gasteiger charge is 2.20. The molecule has 0 radical (unpaired) electrons. The second kappa shape index (κ2) is 25.6. The van der Waals surface area contributed by atoms with Crippen molar-refractivity contribution in [3.8, 4) is 11.5 Å². The molecule has 7 aromatic rings. The van der Waals surface area contributed by atoms with Gasteiger partial charge in [-0.05, 0) is 119 Å². The molecule has 0 aliphatic rings. The summed E-state index contributed by atoms with van der Waals surface area (Å²) in [7, 11) is 0. The summed E-state index contributed by atoms with van der Waals surface area (Å²) in [5.74, 6) is 0.579. The summed E-state index contributed by atoms with van der Waals surface area (Å²) in [5, 5.41) is 7.54. The van der Waals surface area contributed by atoms with Crippen LogP contribution < -0.4 is 9.47 Å². The van der Waals surface area contributed by atoms with E-state index in [0.717, 1.165) is 62.5 Å². The third-order valence-electron chi connectivity index (χ3n) is 13.5. The van der Waals surface area contributed by atoms with Gasteiger partial charge in [0.1, 0.15) is 11.5 Å². The van der Waals surface area contributed by atoms with Crippen LogP contribution in [0.2, 0.25) is 0 Å². The van der Waals surface area contributed by atoms with Crippen molar-refractivity contribution in [3.63, 3.8) is 0 Å². The SMILES string of the molecule is C=C(CCCCCCCCCC)C(=O)Oc1ccccc1CCc1cc2ccccc2c2c1sc1c(CCc3ccccc3OC(=O)C(=C)CCCCCCCCCC)cc3ccccc3c12. The number of para-hydroxylation sites is 2. The van der Waals surface area contributed by atoms with E-state index in [1.807, 2.05) is 47.7 Å². The van der Waals surface area contributed by atoms with Crippen molar-refractivity contribution >= 4 is 65.0 Å². The number of carbonyl (C=O) groups is 2. The number of thiophene rings is 1. The van der Waals surface area contributed by atoms with Gasteiger partial charge in [-0.15, -0.1) is 11.3 Å². The molecule has 0 N–H and O–H groups in total. The van der Waals surface area contributed by atoms with E-state index in [2.05, 4.69) is 99.8 Å². The van der Waals surface area contributed by atoms with E-state index in [0.29, 0.717) is 35.5 Å². The van der Waals surface area contributed by atoms with Crippen LogP contribution in [-0.4, -0.2) is 11.9 Å². The average molecular weight is 913 g/mol. The number of aryl methyl sites for hydroxylation is 4. The molecule has 0 spiro atoms. The molecular formula is C62H72O4S. The second-order valence-electron chi connectivity index (χ2n) is 18.7. The number of ether oxygens (including phenoxy) is 2. The van der Waals surface area contributed by atoms with Crippen LogP contribution in [0.25, 0.3) is 41.7 Å². The van der Waals surface area contributed by atoms with Crippen LogP contribution in [0, 0.1) is 0 Å². The van der Waals surface area contributed by atoms with Crippen LogP contribution in [0.4, 0.5) is 0 Å². The van der Waals surface area contributed by atoms with Crippen molar-refractivity contribution in [3.05, 3.63) is 156 Å². The highest BCUT2D eigenvalue weighted by molar-refractivity contribution is 7.26. The molecule has 0 saturated carbocycles. The summed E-state index contributed by atoms with van der Waals surface area (Å²) in [4.78, 5) is 26.6. The first-order valence-corrected chi connectivity index (χ1v) is 26.4. The van der Waals surface area contributed by atoms with Crippen molar-refractivity contribution in [2.24, 2.45) is 0 Å². The van der Waals surface area contributed by atoms with E-state index in [1.54, 1.807) is 0 Å². The Morgan fingerprint density at radius 2 is 0.776 bits per heavy atom. The van der Waals surface area contributed by atoms with Gasteiger partial charge in [-0.1, -0.05) is 202 Å². The lowest BCUT2D eigenvalue weighted by Crippen LogP contribution is -2.12. The lowest BCUT2D eigenvalue weighted by molar-refractivity contribution is -0.131. The van der Waals surface area contributed by atoms with Gasteiger partial charge < -0.3 is 9.47 Å². The number of rotatable bonds is 28. The number of carbonyl (C=O) groups excluding carboxylic acids is 2. The van der Waals surface area contributed by atoms with Gasteiger partial charge in [0.25, 0.3) is 0 Å². The molecular weight excluding hydrogens is 841 g/mol. The lowest BCUT2D eigenvalue weighted by Gasteiger charge is -2.13. The third kappa shape index (κ3) is 13.3. The molecule has 0 aliphatic carbocycles. The monoisotopic (exact) mass is 913 g/mol. The van der Waals surface area contributed by atoms with Crippen LogP contribution >= 0.6 is 11.3 Å². The molecule has 0 unspecified atom stereocenters. The molecule has 1 aromatic heterocycles. The molecule has 6 aromatic carbocycles. The second-order valence-corrected chi connectivity index (χ2v) is 19.7. The number of fused-ring (bicyclic) bond motifs is 7. The molecule has 5 heteroatoms. The van der Waals surface area contributed by atoms with E-state index in [1.165, 1.54) is 130 Å². The standard InChI is InChI=1S/C62H72O4S/c1-5-7-9-11-13-15-17-19-29-45(3)61(63)65-55-37-27-23-31-47(55)39-41-51-43-49-33-21-25-35-53(49)57-58-54-36-26-22-34-50(54)44-52(60(58)67-59(51)57)42-40-48-32-24-28-38-56(48)66-62(64)46(4)30-20-18-16-14-12-10-8-6-2/h21-28,31-38,43-44H,3-20,29-30,39-42H2,1-2H3. The van der Waals surface area contributed by atoms with E-state index >= 15 is 0 Å². The molecule has 7 rings (SSSR count). The Labute approximate surface area is 404 Å². The van der Waals surface area contributed by atoms with Crippen LogP contribution in [0.5, 0.6) is 11.5 Å². The largest absolute Gasteiger partial charge is 0.423 e. The maximum Gasteiger partial charge on any atom is 0.338 e. The topological polar surface area (TPSA) is 52.6 Å². The number of hydrogen-bond donors (Lipinski definition) is 0. The predicted octanol–water partition coefficient (Wildman–Crippen LogP) is 17.9. The van der Waals surface area contributed by atoms with Crippen LogP contribution in [0.1, 0.15) is 152 Å². The van der Waals surface area contributed by atoms with Gasteiger partial charge in [-0.2, -0.15) is 0 Å². The zero-order valence-electron chi connectivity index (χ0n) is 40.4. The first-order valence-electron chi connectivity index (χ1n) is 25.6. The molecule has 67 heavy (non-hydrogen) atoms. The minimum atomic E-state index is -0.326. The molecule has 0 amide bonds. The Morgan fingerprint density at radius 3 is 1.19 bits per heavy atom. The van der Waals surface area contributed by atoms with Crippen molar-refractivity contribution in [2.75, 3.05) is 0 Å². The number of hydrogen-bond acceptors (Lipinski definition) is 5. The number of benzene rings is 6. The molecule has 0 fully saturated rings. The first kappa shape index (κ1) is 49.4. The van der Waals surface area contributed by atoms with E-state index in [-0.39, 0.29) is 11.9 Å². The maximum absolute atomic E-state index is 13.3. The predicted molar refractivity (Wildman–Crippen MR) is 286 cm³/mol. The zero-order valence-corrected chi connectivity index (χ0v) is 41.2. The van der Waals surface area contributed by atoms with Crippen LogP contribution in [0.3, 0.4) is 0 Å². The molecule has 1 heterocycles. The van der Waals surface area contributed by atoms with Gasteiger partial charge >= 0.3 is 11.9 Å². The van der Waals surface area contributed by atoms with Crippen molar-refractivity contribution in [1.29, 1.82) is 0 Å². The Morgan fingerprint density at radius 1 is 0.433 bits per heavy atom. The van der Waals surface area contributed by atoms with E-state index < -0.39 is 0 Å². The van der Waals surface area contributed by atoms with Crippen LogP contribution in [-0.2, 0) is 35.3 Å². The molecule has 0 atom stereocenters. The van der Waals surface area contributed by atoms with Gasteiger partial charge in [0.15, 0.2) is 0 Å². The Bertz CT molecular complexity index is 2580. The van der Waals surface area contributed by atoms with Crippen molar-refractivity contribution < 1.29 is 19.1 Å². The van der Waals surface area contributed by atoms with Gasteiger partial charge in [0.2, 0.25) is 0 Å². The molecule has 0 bridgehead atoms.